The Labute approximate surface area is 98.5 Å². The summed E-state index contributed by atoms with van der Waals surface area (Å²) < 4.78 is 1.97. The van der Waals surface area contributed by atoms with Gasteiger partial charge in [-0.25, -0.2) is 0 Å². The van der Waals surface area contributed by atoms with E-state index in [0.29, 0.717) is 11.1 Å². The monoisotopic (exact) mass is 310 g/mol. The van der Waals surface area contributed by atoms with Gasteiger partial charge >= 0.3 is 0 Å². The van der Waals surface area contributed by atoms with E-state index >= 15 is 0 Å². The summed E-state index contributed by atoms with van der Waals surface area (Å²) in [5, 5.41) is 20.4. The Morgan fingerprint density at radius 2 is 1.86 bits per heavy atom. The quantitative estimate of drug-likeness (QED) is 0.701. The van der Waals surface area contributed by atoms with Crippen LogP contribution in [0.1, 0.15) is 11.1 Å². The third-order valence-corrected chi connectivity index (χ3v) is 4.42. The maximum absolute atomic E-state index is 8.83. The number of fused-ring (bicyclic) bond motifs is 1. The summed E-state index contributed by atoms with van der Waals surface area (Å²) >= 11 is 3.66. The fourth-order valence-corrected chi connectivity index (χ4v) is 3.14. The Hall–Kier alpha value is -1.11. The van der Waals surface area contributed by atoms with Crippen molar-refractivity contribution < 1.29 is 0 Å². The van der Waals surface area contributed by atoms with Crippen LogP contribution in [0.5, 0.6) is 0 Å². The van der Waals surface area contributed by atoms with Crippen LogP contribution in [0.25, 0.3) is 10.1 Å². The molecule has 0 unspecified atom stereocenters. The van der Waals surface area contributed by atoms with Crippen LogP contribution in [-0.2, 0) is 0 Å². The molecule has 2 nitrogen and oxygen atoms in total. The van der Waals surface area contributed by atoms with Crippen molar-refractivity contribution in [1.82, 2.24) is 0 Å². The van der Waals surface area contributed by atoms with Crippen LogP contribution >= 0.6 is 33.9 Å². The van der Waals surface area contributed by atoms with E-state index in [1.807, 2.05) is 11.4 Å². The van der Waals surface area contributed by atoms with Crippen molar-refractivity contribution in [3.63, 3.8) is 0 Å². The van der Waals surface area contributed by atoms with Gasteiger partial charge in [-0.05, 0) is 28.7 Å². The van der Waals surface area contributed by atoms with Gasteiger partial charge in [-0.15, -0.1) is 11.3 Å². The first-order chi connectivity index (χ1) is 6.77. The number of nitriles is 2. The van der Waals surface area contributed by atoms with Crippen LogP contribution in [-0.4, -0.2) is 0 Å². The van der Waals surface area contributed by atoms with Crippen molar-refractivity contribution in [1.29, 1.82) is 10.5 Å². The molecule has 4 heteroatoms. The number of rotatable bonds is 0. The van der Waals surface area contributed by atoms with Crippen LogP contribution in [0.15, 0.2) is 17.5 Å². The van der Waals surface area contributed by atoms with Gasteiger partial charge in [-0.1, -0.05) is 6.07 Å². The number of benzene rings is 1. The van der Waals surface area contributed by atoms with Gasteiger partial charge in [0.2, 0.25) is 0 Å². The molecule has 0 bridgehead atoms. The molecule has 0 fully saturated rings. The normalized spacial score (nSPS) is 9.64. The summed E-state index contributed by atoms with van der Waals surface area (Å²) in [6.07, 6.45) is 0. The predicted molar refractivity (Wildman–Crippen MR) is 64.0 cm³/mol. The van der Waals surface area contributed by atoms with E-state index in [4.69, 9.17) is 10.5 Å². The fraction of sp³-hybridized carbons (Fsp3) is 0. The molecule has 14 heavy (non-hydrogen) atoms. The molecule has 0 radical (unpaired) electrons. The second-order valence-electron chi connectivity index (χ2n) is 2.68. The third-order valence-electron chi connectivity index (χ3n) is 1.92. The highest BCUT2D eigenvalue weighted by Gasteiger charge is 2.09. The van der Waals surface area contributed by atoms with Crippen molar-refractivity contribution in [2.45, 2.75) is 0 Å². The van der Waals surface area contributed by atoms with Gasteiger partial charge in [0, 0.05) is 14.3 Å². The maximum Gasteiger partial charge on any atom is 0.101 e. The average molecular weight is 310 g/mol. The molecule has 1 heterocycles. The molecule has 0 N–H and O–H groups in total. The van der Waals surface area contributed by atoms with Crippen molar-refractivity contribution in [3.05, 3.63) is 32.2 Å². The second kappa shape index (κ2) is 3.56. The minimum atomic E-state index is 0.671. The Balaban J connectivity index is 2.89. The van der Waals surface area contributed by atoms with Crippen molar-refractivity contribution in [2.24, 2.45) is 0 Å². The highest BCUT2D eigenvalue weighted by molar-refractivity contribution is 14.1. The molecule has 2 aromatic rings. The lowest BCUT2D eigenvalue weighted by molar-refractivity contribution is 1.48. The minimum absolute atomic E-state index is 0.671. The molecule has 0 saturated carbocycles. The topological polar surface area (TPSA) is 47.6 Å². The van der Waals surface area contributed by atoms with Crippen molar-refractivity contribution in [2.75, 3.05) is 0 Å². The van der Waals surface area contributed by atoms with E-state index < -0.39 is 0 Å². The molecule has 0 aliphatic carbocycles. The number of nitrogens with zero attached hydrogens (tertiary/aromatic N) is 2. The third kappa shape index (κ3) is 1.28. The largest absolute Gasteiger partial charge is 0.192 e. The smallest absolute Gasteiger partial charge is 0.101 e. The van der Waals surface area contributed by atoms with Crippen molar-refractivity contribution in [3.8, 4) is 12.1 Å². The molecule has 0 spiro atoms. The summed E-state index contributed by atoms with van der Waals surface area (Å²) in [7, 11) is 0. The molecule has 1 aromatic heterocycles. The molecular formula is C10H3IN2S. The van der Waals surface area contributed by atoms with E-state index in [1.165, 1.54) is 11.3 Å². The summed E-state index contributed by atoms with van der Waals surface area (Å²) in [4.78, 5) is 0. The highest BCUT2D eigenvalue weighted by Crippen LogP contribution is 2.31. The molecular weight excluding hydrogens is 307 g/mol. The summed E-state index contributed by atoms with van der Waals surface area (Å²) in [6, 6.07) is 7.87. The second-order valence-corrected chi connectivity index (χ2v) is 4.64. The Bertz CT molecular complexity index is 586. The molecule has 0 aliphatic heterocycles. The van der Waals surface area contributed by atoms with Gasteiger partial charge in [-0.2, -0.15) is 10.5 Å². The first-order valence-corrected chi connectivity index (χ1v) is 5.73. The zero-order valence-electron chi connectivity index (χ0n) is 6.91. The molecule has 2 rings (SSSR count). The standard InChI is InChI=1S/C10H3IN2S/c11-9-6(3-12)1-2-8-7(4-13)5-14-10(8)9/h1-2,5H. The Morgan fingerprint density at radius 1 is 1.14 bits per heavy atom. The van der Waals surface area contributed by atoms with E-state index in [0.717, 1.165) is 13.7 Å². The summed E-state index contributed by atoms with van der Waals surface area (Å²) in [6.45, 7) is 0. The SMILES string of the molecule is N#Cc1ccc2c(C#N)csc2c1I. The van der Waals surface area contributed by atoms with E-state index in [9.17, 15) is 0 Å². The first kappa shape index (κ1) is 9.45. The van der Waals surface area contributed by atoms with E-state index in [1.54, 1.807) is 6.07 Å². The zero-order chi connectivity index (χ0) is 10.1. The lowest BCUT2D eigenvalue weighted by atomic mass is 10.1. The number of thiophene rings is 1. The van der Waals surface area contributed by atoms with Gasteiger partial charge in [0.15, 0.2) is 0 Å². The Kier molecular flexibility index (Phi) is 2.40. The number of halogens is 1. The predicted octanol–water partition coefficient (Wildman–Crippen LogP) is 3.25. The summed E-state index contributed by atoms with van der Waals surface area (Å²) in [5.74, 6) is 0. The van der Waals surface area contributed by atoms with Gasteiger partial charge in [-0.3, -0.25) is 0 Å². The number of hydrogen-bond acceptors (Lipinski definition) is 3. The molecule has 66 valence electrons. The van der Waals surface area contributed by atoms with Gasteiger partial charge in [0.05, 0.1) is 15.8 Å². The molecule has 1 aromatic carbocycles. The molecule has 0 aliphatic rings. The van der Waals surface area contributed by atoms with Gasteiger partial charge in [0.1, 0.15) is 12.1 Å². The first-order valence-electron chi connectivity index (χ1n) is 3.78. The number of hydrogen-bond donors (Lipinski definition) is 0. The average Bonchev–Trinajstić information content (AvgIpc) is 2.62. The van der Waals surface area contributed by atoms with E-state index in [2.05, 4.69) is 34.7 Å². The van der Waals surface area contributed by atoms with Crippen LogP contribution in [0.3, 0.4) is 0 Å². The molecule has 0 saturated heterocycles. The minimum Gasteiger partial charge on any atom is -0.192 e. The lowest BCUT2D eigenvalue weighted by Gasteiger charge is -1.96. The maximum atomic E-state index is 8.83. The van der Waals surface area contributed by atoms with Gasteiger partial charge < -0.3 is 0 Å². The lowest BCUT2D eigenvalue weighted by Crippen LogP contribution is -1.81. The van der Waals surface area contributed by atoms with Crippen LogP contribution in [0.2, 0.25) is 0 Å². The molecule has 0 atom stereocenters. The van der Waals surface area contributed by atoms with Crippen LogP contribution in [0, 0.1) is 26.2 Å². The van der Waals surface area contributed by atoms with Crippen LogP contribution < -0.4 is 0 Å². The molecule has 0 amide bonds. The fourth-order valence-electron chi connectivity index (χ4n) is 1.24. The zero-order valence-corrected chi connectivity index (χ0v) is 9.89. The Morgan fingerprint density at radius 3 is 2.50 bits per heavy atom. The van der Waals surface area contributed by atoms with Gasteiger partial charge in [0.25, 0.3) is 0 Å². The van der Waals surface area contributed by atoms with E-state index in [-0.39, 0.29) is 0 Å². The van der Waals surface area contributed by atoms with Crippen LogP contribution in [0.4, 0.5) is 0 Å². The summed E-state index contributed by atoms with van der Waals surface area (Å²) in [5.41, 5.74) is 1.36. The van der Waals surface area contributed by atoms with Crippen molar-refractivity contribution >= 4 is 44.0 Å². The highest BCUT2D eigenvalue weighted by atomic mass is 127.